The zero-order chi connectivity index (χ0) is 33.0. The maximum absolute atomic E-state index is 2.45. The van der Waals surface area contributed by atoms with Gasteiger partial charge in [-0.1, -0.05) is 146 Å². The van der Waals surface area contributed by atoms with Crippen molar-refractivity contribution in [1.29, 1.82) is 0 Å². The predicted octanol–water partition coefficient (Wildman–Crippen LogP) is 13.8. The van der Waals surface area contributed by atoms with Gasteiger partial charge in [-0.25, -0.2) is 0 Å². The third kappa shape index (κ3) is 4.76. The normalized spacial score (nSPS) is 11.6. The Hall–Kier alpha value is -6.22. The van der Waals surface area contributed by atoms with E-state index in [1.165, 1.54) is 92.2 Å². The molecule has 0 saturated heterocycles. The SMILES string of the molecule is c1ccc(-c2ccc3c(c2)c2cc(-c4ccccc4)ccc2n3-c2ccccc2-c2ccc(-c3ccc4c(c3)sc3ccccc34)cc2)cc1. The van der Waals surface area contributed by atoms with E-state index in [0.29, 0.717) is 0 Å². The number of para-hydroxylation sites is 1. The fourth-order valence-corrected chi connectivity index (χ4v) is 8.71. The van der Waals surface area contributed by atoms with Crippen LogP contribution in [0.3, 0.4) is 0 Å². The van der Waals surface area contributed by atoms with Crippen molar-refractivity contribution < 1.29 is 0 Å². The number of fused-ring (bicyclic) bond motifs is 6. The molecule has 10 aromatic rings. The molecular formula is C48H31NS. The van der Waals surface area contributed by atoms with Crippen LogP contribution in [0.1, 0.15) is 0 Å². The molecule has 50 heavy (non-hydrogen) atoms. The lowest BCUT2D eigenvalue weighted by molar-refractivity contribution is 1.18. The summed E-state index contributed by atoms with van der Waals surface area (Å²) in [5, 5.41) is 5.17. The number of benzene rings is 8. The summed E-state index contributed by atoms with van der Waals surface area (Å²) < 4.78 is 5.12. The van der Waals surface area contributed by atoms with Gasteiger partial charge in [-0.15, -0.1) is 11.3 Å². The van der Waals surface area contributed by atoms with Gasteiger partial charge in [-0.2, -0.15) is 0 Å². The van der Waals surface area contributed by atoms with Crippen LogP contribution in [0, 0.1) is 0 Å². The number of thiophene rings is 1. The van der Waals surface area contributed by atoms with Crippen molar-refractivity contribution in [2.75, 3.05) is 0 Å². The van der Waals surface area contributed by atoms with E-state index in [9.17, 15) is 0 Å². The van der Waals surface area contributed by atoms with Crippen molar-refractivity contribution >= 4 is 53.3 Å². The Morgan fingerprint density at radius 1 is 0.300 bits per heavy atom. The Balaban J connectivity index is 1.11. The molecule has 2 aromatic heterocycles. The molecule has 0 aliphatic carbocycles. The van der Waals surface area contributed by atoms with E-state index in [2.05, 4.69) is 193 Å². The second-order valence-electron chi connectivity index (χ2n) is 12.9. The van der Waals surface area contributed by atoms with Crippen molar-refractivity contribution in [1.82, 2.24) is 4.57 Å². The molecule has 0 radical (unpaired) electrons. The van der Waals surface area contributed by atoms with Crippen LogP contribution < -0.4 is 0 Å². The Bertz CT molecular complexity index is 2740. The molecule has 0 atom stereocenters. The molecule has 0 spiro atoms. The minimum Gasteiger partial charge on any atom is -0.309 e. The van der Waals surface area contributed by atoms with E-state index < -0.39 is 0 Å². The van der Waals surface area contributed by atoms with Crippen LogP contribution in [0.25, 0.3) is 92.2 Å². The fraction of sp³-hybridized carbons (Fsp3) is 0. The van der Waals surface area contributed by atoms with E-state index in [4.69, 9.17) is 0 Å². The van der Waals surface area contributed by atoms with Gasteiger partial charge in [0.1, 0.15) is 0 Å². The van der Waals surface area contributed by atoms with Crippen molar-refractivity contribution in [3.05, 3.63) is 188 Å². The van der Waals surface area contributed by atoms with Crippen LogP contribution in [0.5, 0.6) is 0 Å². The average molecular weight is 654 g/mol. The molecule has 8 aromatic carbocycles. The van der Waals surface area contributed by atoms with Gasteiger partial charge in [0, 0.05) is 36.5 Å². The van der Waals surface area contributed by atoms with Crippen molar-refractivity contribution in [3.8, 4) is 50.2 Å². The predicted molar refractivity (Wildman–Crippen MR) is 215 cm³/mol. The van der Waals surface area contributed by atoms with Crippen molar-refractivity contribution in [3.63, 3.8) is 0 Å². The standard InChI is InChI=1S/C48H31NS/c1-3-11-32(12-4-1)36-24-27-45-42(29-36)43-30-37(33-13-5-2-6-14-33)25-28-46(43)49(45)44-17-9-7-15-39(44)35-21-19-34(20-22-35)38-23-26-41-40-16-8-10-18-47(40)50-48(41)31-38/h1-31H. The van der Waals surface area contributed by atoms with Crippen LogP contribution in [0.4, 0.5) is 0 Å². The highest BCUT2D eigenvalue weighted by molar-refractivity contribution is 7.25. The Labute approximate surface area is 295 Å². The molecule has 0 bridgehead atoms. The summed E-state index contributed by atoms with van der Waals surface area (Å²) in [6.45, 7) is 0. The number of nitrogens with zero attached hydrogens (tertiary/aromatic N) is 1. The average Bonchev–Trinajstić information content (AvgIpc) is 3.73. The summed E-state index contributed by atoms with van der Waals surface area (Å²) in [5.41, 5.74) is 13.3. The minimum atomic E-state index is 1.17. The Morgan fingerprint density at radius 3 is 1.46 bits per heavy atom. The van der Waals surface area contributed by atoms with Crippen molar-refractivity contribution in [2.45, 2.75) is 0 Å². The molecule has 2 heteroatoms. The largest absolute Gasteiger partial charge is 0.309 e. The highest BCUT2D eigenvalue weighted by Gasteiger charge is 2.17. The fourth-order valence-electron chi connectivity index (χ4n) is 7.56. The van der Waals surface area contributed by atoms with Gasteiger partial charge >= 0.3 is 0 Å². The molecule has 234 valence electrons. The molecule has 0 aliphatic heterocycles. The first kappa shape index (κ1) is 28.8. The molecule has 0 unspecified atom stereocenters. The van der Waals surface area contributed by atoms with E-state index >= 15 is 0 Å². The first-order valence-electron chi connectivity index (χ1n) is 17.1. The van der Waals surface area contributed by atoms with Gasteiger partial charge in [0.05, 0.1) is 16.7 Å². The van der Waals surface area contributed by atoms with Gasteiger partial charge in [-0.05, 0) is 81.4 Å². The zero-order valence-electron chi connectivity index (χ0n) is 27.3. The van der Waals surface area contributed by atoms with Crippen molar-refractivity contribution in [2.24, 2.45) is 0 Å². The molecule has 0 saturated carbocycles. The van der Waals surface area contributed by atoms with E-state index in [0.717, 1.165) is 0 Å². The summed E-state index contributed by atoms with van der Waals surface area (Å²) in [6.07, 6.45) is 0. The Kier molecular flexibility index (Phi) is 6.75. The number of aromatic nitrogens is 1. The lowest BCUT2D eigenvalue weighted by Crippen LogP contribution is -1.97. The zero-order valence-corrected chi connectivity index (χ0v) is 28.1. The third-order valence-corrected chi connectivity index (χ3v) is 11.2. The van der Waals surface area contributed by atoms with Crippen LogP contribution in [-0.2, 0) is 0 Å². The summed E-state index contributed by atoms with van der Waals surface area (Å²) in [4.78, 5) is 0. The first-order chi connectivity index (χ1) is 24.8. The molecule has 2 heterocycles. The van der Waals surface area contributed by atoms with Crippen LogP contribution in [0.2, 0.25) is 0 Å². The molecular weight excluding hydrogens is 623 g/mol. The summed E-state index contributed by atoms with van der Waals surface area (Å²) in [6, 6.07) is 68.7. The molecule has 1 nitrogen and oxygen atoms in total. The smallest absolute Gasteiger partial charge is 0.0541 e. The number of hydrogen-bond donors (Lipinski definition) is 0. The van der Waals surface area contributed by atoms with E-state index in [-0.39, 0.29) is 0 Å². The second-order valence-corrected chi connectivity index (χ2v) is 14.0. The number of rotatable bonds is 5. The van der Waals surface area contributed by atoms with E-state index in [1.54, 1.807) is 0 Å². The second kappa shape index (κ2) is 11.7. The quantitative estimate of drug-likeness (QED) is 0.174. The lowest BCUT2D eigenvalue weighted by atomic mass is 9.98. The van der Waals surface area contributed by atoms with Gasteiger partial charge in [0.15, 0.2) is 0 Å². The third-order valence-electron chi connectivity index (χ3n) is 10.0. The van der Waals surface area contributed by atoms with Crippen LogP contribution in [-0.4, -0.2) is 4.57 Å². The van der Waals surface area contributed by atoms with Gasteiger partial charge < -0.3 is 4.57 Å². The first-order valence-corrected chi connectivity index (χ1v) is 17.9. The van der Waals surface area contributed by atoms with Crippen LogP contribution in [0.15, 0.2) is 188 Å². The molecule has 0 N–H and O–H groups in total. The Morgan fingerprint density at radius 2 is 0.780 bits per heavy atom. The molecule has 0 fully saturated rings. The topological polar surface area (TPSA) is 4.93 Å². The maximum atomic E-state index is 2.45. The number of hydrogen-bond acceptors (Lipinski definition) is 1. The highest BCUT2D eigenvalue weighted by atomic mass is 32.1. The van der Waals surface area contributed by atoms with Gasteiger partial charge in [0.25, 0.3) is 0 Å². The summed E-state index contributed by atoms with van der Waals surface area (Å²) in [5.74, 6) is 0. The summed E-state index contributed by atoms with van der Waals surface area (Å²) in [7, 11) is 0. The minimum absolute atomic E-state index is 1.17. The van der Waals surface area contributed by atoms with Gasteiger partial charge in [-0.3, -0.25) is 0 Å². The molecule has 0 aliphatic rings. The van der Waals surface area contributed by atoms with E-state index in [1.807, 2.05) is 11.3 Å². The van der Waals surface area contributed by atoms with Crippen LogP contribution >= 0.6 is 11.3 Å². The molecule has 0 amide bonds. The molecule has 10 rings (SSSR count). The lowest BCUT2D eigenvalue weighted by Gasteiger charge is -2.15. The maximum Gasteiger partial charge on any atom is 0.0541 e. The van der Waals surface area contributed by atoms with Gasteiger partial charge in [0.2, 0.25) is 0 Å². The monoisotopic (exact) mass is 653 g/mol. The highest BCUT2D eigenvalue weighted by Crippen LogP contribution is 2.41. The summed E-state index contributed by atoms with van der Waals surface area (Å²) >= 11 is 1.87.